The van der Waals surface area contributed by atoms with E-state index in [1.807, 2.05) is 0 Å². The number of sulfonamides is 2. The van der Waals surface area contributed by atoms with Gasteiger partial charge in [-0.15, -0.1) is 0 Å². The Hall–Kier alpha value is -5.97. The van der Waals surface area contributed by atoms with Crippen molar-refractivity contribution in [3.63, 3.8) is 0 Å². The Morgan fingerprint density at radius 3 is 1.30 bits per heavy atom. The zero-order chi connectivity index (χ0) is 40.4. The highest BCUT2D eigenvalue weighted by Crippen LogP contribution is 2.50. The Labute approximate surface area is 318 Å². The molecular formula is C35H26N4O13S4. The number of anilines is 6. The normalized spacial score (nSPS) is 15.4. The first-order valence-corrected chi connectivity index (χ1v) is 21.8. The monoisotopic (exact) mass is 838 g/mol. The van der Waals surface area contributed by atoms with Gasteiger partial charge in [0.1, 0.15) is 31.1 Å². The topological polar surface area (TPSA) is 265 Å². The molecule has 56 heavy (non-hydrogen) atoms. The van der Waals surface area contributed by atoms with Crippen molar-refractivity contribution in [1.29, 1.82) is 0 Å². The van der Waals surface area contributed by atoms with E-state index in [1.165, 1.54) is 74.5 Å². The highest BCUT2D eigenvalue weighted by molar-refractivity contribution is 7.93. The largest absolute Gasteiger partial charge is 0.507 e. The summed E-state index contributed by atoms with van der Waals surface area (Å²) in [6, 6.07) is 16.4. The maximum absolute atomic E-state index is 14.0. The summed E-state index contributed by atoms with van der Waals surface area (Å²) in [6.07, 6.45) is 0. The van der Waals surface area contributed by atoms with Crippen molar-refractivity contribution in [2.75, 3.05) is 19.2 Å². The molecule has 0 aromatic heterocycles. The number of benzene rings is 6. The standard InChI is InChI=1S/C35H26N4O13S4/c1-17-25-9-11-31(53(43,44)38(25)19-13-23-21(27(40)15-19)5-3-7-29(23)55(47,48)49)33(17)36-35(42)37-34-18(2)26-10-12-32(34)54(45,46)39(26)20-14-24-22(28(41)16-20)6-4-8-30(24)56(50,51)52/h3-16,40-41H,1-2H3,(H2,36,37,42)(H,47,48,49)(H,50,51,52). The summed E-state index contributed by atoms with van der Waals surface area (Å²) in [4.78, 5) is 11.7. The molecule has 2 amide bonds. The van der Waals surface area contributed by atoms with Crippen LogP contribution in [0.3, 0.4) is 0 Å². The quantitative estimate of drug-likeness (QED) is 0.108. The van der Waals surface area contributed by atoms with Crippen LogP contribution >= 0.6 is 0 Å². The lowest BCUT2D eigenvalue weighted by atomic mass is 10.1. The lowest BCUT2D eigenvalue weighted by Crippen LogP contribution is -2.35. The van der Waals surface area contributed by atoms with Crippen LogP contribution in [0.4, 0.5) is 38.9 Å². The highest BCUT2D eigenvalue weighted by atomic mass is 32.2. The van der Waals surface area contributed by atoms with Crippen LogP contribution < -0.4 is 19.2 Å². The minimum Gasteiger partial charge on any atom is -0.507 e. The van der Waals surface area contributed by atoms with Gasteiger partial charge in [-0.05, 0) is 73.5 Å². The molecule has 10 rings (SSSR count). The number of phenols is 2. The number of nitrogens with zero attached hydrogens (tertiary/aromatic N) is 2. The van der Waals surface area contributed by atoms with E-state index >= 15 is 0 Å². The molecule has 21 heteroatoms. The molecule has 0 unspecified atom stereocenters. The minimum atomic E-state index is -4.78. The summed E-state index contributed by atoms with van der Waals surface area (Å²) in [5.74, 6) is -0.950. The number of amides is 2. The third kappa shape index (κ3) is 5.42. The van der Waals surface area contributed by atoms with Crippen molar-refractivity contribution in [2.45, 2.75) is 33.4 Å². The number of carbonyl (C=O) groups excluding carboxylic acids is 1. The number of fused-ring (bicyclic) bond motifs is 8. The molecule has 6 aromatic carbocycles. The lowest BCUT2D eigenvalue weighted by Gasteiger charge is -2.34. The van der Waals surface area contributed by atoms with E-state index in [9.17, 15) is 57.8 Å². The van der Waals surface area contributed by atoms with Crippen molar-refractivity contribution in [3.8, 4) is 11.5 Å². The molecule has 0 saturated carbocycles. The molecule has 0 atom stereocenters. The van der Waals surface area contributed by atoms with E-state index < -0.39 is 67.6 Å². The van der Waals surface area contributed by atoms with E-state index in [-0.39, 0.29) is 76.6 Å². The van der Waals surface area contributed by atoms with Crippen LogP contribution in [0.2, 0.25) is 0 Å². The van der Waals surface area contributed by atoms with Crippen LogP contribution in [0.25, 0.3) is 21.5 Å². The second-order valence-corrected chi connectivity index (χ2v) is 19.2. The van der Waals surface area contributed by atoms with Gasteiger partial charge in [0, 0.05) is 33.7 Å². The molecule has 6 aromatic rings. The third-order valence-corrected chi connectivity index (χ3v) is 15.0. The van der Waals surface area contributed by atoms with Gasteiger partial charge in [0.25, 0.3) is 40.3 Å². The molecule has 4 heterocycles. The number of carbonyl (C=O) groups is 1. The number of hydrogen-bond donors (Lipinski definition) is 6. The summed E-state index contributed by atoms with van der Waals surface area (Å²) in [6.45, 7) is 2.99. The fraction of sp³-hybridized carbons (Fsp3) is 0.0571. The van der Waals surface area contributed by atoms with E-state index in [2.05, 4.69) is 10.6 Å². The number of urea groups is 1. The Balaban J connectivity index is 1.15. The van der Waals surface area contributed by atoms with Gasteiger partial charge in [-0.3, -0.25) is 9.11 Å². The lowest BCUT2D eigenvalue weighted by molar-refractivity contribution is 0.262. The van der Waals surface area contributed by atoms with Crippen LogP contribution in [-0.4, -0.2) is 59.0 Å². The van der Waals surface area contributed by atoms with Crippen LogP contribution in [0.1, 0.15) is 11.1 Å². The first-order chi connectivity index (χ1) is 26.1. The second kappa shape index (κ2) is 12.0. The molecule has 0 saturated heterocycles. The van der Waals surface area contributed by atoms with Crippen molar-refractivity contribution >= 4 is 102 Å². The number of rotatable bonds is 6. The molecule has 0 spiro atoms. The fourth-order valence-electron chi connectivity index (χ4n) is 7.13. The summed E-state index contributed by atoms with van der Waals surface area (Å²) in [5, 5.41) is 26.3. The van der Waals surface area contributed by atoms with Crippen LogP contribution in [-0.2, 0) is 40.3 Å². The summed E-state index contributed by atoms with van der Waals surface area (Å²) >= 11 is 0. The Kier molecular flexibility index (Phi) is 7.93. The number of aromatic hydroxyl groups is 2. The predicted molar refractivity (Wildman–Crippen MR) is 205 cm³/mol. The number of hydrogen-bond acceptors (Lipinski definition) is 11. The van der Waals surface area contributed by atoms with Gasteiger partial charge in [-0.25, -0.2) is 30.2 Å². The molecule has 6 N–H and O–H groups in total. The smallest absolute Gasteiger partial charge is 0.323 e. The highest BCUT2D eigenvalue weighted by Gasteiger charge is 2.40. The van der Waals surface area contributed by atoms with Crippen LogP contribution in [0, 0.1) is 13.8 Å². The van der Waals surface area contributed by atoms with Crippen molar-refractivity contribution in [1.82, 2.24) is 0 Å². The fourth-order valence-corrected chi connectivity index (χ4v) is 12.0. The van der Waals surface area contributed by atoms with E-state index in [4.69, 9.17) is 0 Å². The van der Waals surface area contributed by atoms with Crippen molar-refractivity contribution < 1.29 is 57.8 Å². The molecule has 288 valence electrons. The van der Waals surface area contributed by atoms with Gasteiger partial charge < -0.3 is 20.8 Å². The van der Waals surface area contributed by atoms with Crippen LogP contribution in [0.15, 0.2) is 105 Å². The maximum Gasteiger partial charge on any atom is 0.323 e. The first-order valence-electron chi connectivity index (χ1n) is 16.0. The van der Waals surface area contributed by atoms with E-state index in [0.29, 0.717) is 0 Å². The average Bonchev–Trinajstić information content (AvgIpc) is 3.09. The van der Waals surface area contributed by atoms with E-state index in [0.717, 1.165) is 32.9 Å². The van der Waals surface area contributed by atoms with Gasteiger partial charge in [-0.1, -0.05) is 24.3 Å². The molecule has 4 bridgehead atoms. The van der Waals surface area contributed by atoms with Crippen molar-refractivity contribution in [3.05, 3.63) is 96.1 Å². The predicted octanol–water partition coefficient (Wildman–Crippen LogP) is 5.84. The number of phenolic OH excluding ortho intramolecular Hbond substituents is 2. The molecule has 0 radical (unpaired) electrons. The Morgan fingerprint density at radius 2 is 0.946 bits per heavy atom. The van der Waals surface area contributed by atoms with Gasteiger partial charge in [0.2, 0.25) is 0 Å². The zero-order valence-corrected chi connectivity index (χ0v) is 31.8. The minimum absolute atomic E-state index is 0.0207. The molecular weight excluding hydrogens is 813 g/mol. The average molecular weight is 839 g/mol. The van der Waals surface area contributed by atoms with Gasteiger partial charge >= 0.3 is 6.03 Å². The summed E-state index contributed by atoms with van der Waals surface area (Å²) < 4.78 is 126. The molecule has 4 aliphatic rings. The summed E-state index contributed by atoms with van der Waals surface area (Å²) in [7, 11) is -18.6. The van der Waals surface area contributed by atoms with Gasteiger partial charge in [-0.2, -0.15) is 16.8 Å². The first kappa shape index (κ1) is 37.0. The molecule has 4 aliphatic heterocycles. The molecule has 17 nitrogen and oxygen atoms in total. The van der Waals surface area contributed by atoms with Gasteiger partial charge in [0.15, 0.2) is 0 Å². The van der Waals surface area contributed by atoms with Gasteiger partial charge in [0.05, 0.1) is 34.1 Å². The van der Waals surface area contributed by atoms with Crippen molar-refractivity contribution in [2.24, 2.45) is 0 Å². The second-order valence-electron chi connectivity index (χ2n) is 12.9. The molecule has 0 fully saturated rings. The SMILES string of the molecule is Cc1c2ccc(c1NC(=O)Nc1c3ccc(c1C)N(c1cc(O)c4cccc(S(=O)(=O)O)c4c1)S3(=O)=O)S(=O)(=O)N2c1cc(O)c2cccc(S(=O)(=O)O)c2c1. The summed E-state index contributed by atoms with van der Waals surface area (Å²) in [5.41, 5.74) is -0.155. The Morgan fingerprint density at radius 1 is 0.571 bits per heavy atom. The molecule has 0 aliphatic carbocycles. The van der Waals surface area contributed by atoms with Crippen LogP contribution in [0.5, 0.6) is 11.5 Å². The third-order valence-electron chi connectivity index (χ3n) is 9.61. The zero-order valence-electron chi connectivity index (χ0n) is 28.6. The Bertz CT molecular complexity index is 3050. The van der Waals surface area contributed by atoms with E-state index in [1.54, 1.807) is 0 Å². The number of nitrogens with one attached hydrogen (secondary N) is 2. The maximum atomic E-state index is 14.0.